The summed E-state index contributed by atoms with van der Waals surface area (Å²) in [5.41, 5.74) is 31.3. The summed E-state index contributed by atoms with van der Waals surface area (Å²) in [7, 11) is 0. The molecular weight excluding hydrogens is 897 g/mol. The molecule has 0 saturated heterocycles. The van der Waals surface area contributed by atoms with Crippen molar-refractivity contribution in [1.82, 2.24) is 0 Å². The van der Waals surface area contributed by atoms with Crippen molar-refractivity contribution in [3.63, 3.8) is 0 Å². The predicted molar refractivity (Wildman–Crippen MR) is 313 cm³/mol. The third-order valence-corrected chi connectivity index (χ3v) is 16.6. The fourth-order valence-corrected chi connectivity index (χ4v) is 12.5. The van der Waals surface area contributed by atoms with Gasteiger partial charge in [0.15, 0.2) is 0 Å². The van der Waals surface area contributed by atoms with Gasteiger partial charge in [0.2, 0.25) is 0 Å². The Balaban J connectivity index is 0.965. The summed E-state index contributed by atoms with van der Waals surface area (Å²) in [6.45, 7) is 18.2. The van der Waals surface area contributed by atoms with Crippen LogP contribution in [0.5, 0.6) is 0 Å². The van der Waals surface area contributed by atoms with Gasteiger partial charge in [-0.05, 0) is 164 Å². The van der Waals surface area contributed by atoms with Gasteiger partial charge in [0.1, 0.15) is 0 Å². The molecule has 0 aromatic heterocycles. The molecule has 74 heavy (non-hydrogen) atoms. The van der Waals surface area contributed by atoms with Gasteiger partial charge in [0, 0.05) is 70.9 Å². The summed E-state index contributed by atoms with van der Waals surface area (Å²) >= 11 is 0. The summed E-state index contributed by atoms with van der Waals surface area (Å²) in [5, 5.41) is 0. The molecule has 4 heterocycles. The second kappa shape index (κ2) is 18.0. The van der Waals surface area contributed by atoms with Crippen LogP contribution in [0.15, 0.2) is 182 Å². The number of benzene rings is 9. The molecule has 0 radical (unpaired) electrons. The van der Waals surface area contributed by atoms with E-state index >= 15 is 0 Å². The van der Waals surface area contributed by atoms with Gasteiger partial charge in [-0.1, -0.05) is 152 Å². The van der Waals surface area contributed by atoms with Crippen molar-refractivity contribution >= 4 is 68.2 Å². The Morgan fingerprint density at radius 1 is 0.297 bits per heavy atom. The summed E-state index contributed by atoms with van der Waals surface area (Å²) in [5.74, 6) is 1.84. The van der Waals surface area contributed by atoms with Gasteiger partial charge in [0.25, 0.3) is 0 Å². The van der Waals surface area contributed by atoms with Crippen LogP contribution < -0.4 is 19.6 Å². The summed E-state index contributed by atoms with van der Waals surface area (Å²) in [6, 6.07) is 70.2. The smallest absolute Gasteiger partial charge is 0.0553 e. The van der Waals surface area contributed by atoms with Gasteiger partial charge >= 0.3 is 0 Å². The summed E-state index contributed by atoms with van der Waals surface area (Å²) in [6.07, 6.45) is 3.44. The van der Waals surface area contributed by atoms with Crippen LogP contribution >= 0.6 is 0 Å². The number of hydrogen-bond acceptors (Lipinski definition) is 4. The number of hydrogen-bond donors (Lipinski definition) is 0. The van der Waals surface area contributed by atoms with Crippen molar-refractivity contribution in [3.05, 3.63) is 249 Å². The van der Waals surface area contributed by atoms with Crippen molar-refractivity contribution < 1.29 is 0 Å². The van der Waals surface area contributed by atoms with E-state index in [0.717, 1.165) is 25.7 Å². The van der Waals surface area contributed by atoms with E-state index in [0.29, 0.717) is 23.7 Å². The molecule has 9 aromatic carbocycles. The van der Waals surface area contributed by atoms with Crippen LogP contribution in [0, 0.1) is 0 Å². The molecule has 0 saturated carbocycles. The fourth-order valence-electron chi connectivity index (χ4n) is 12.5. The van der Waals surface area contributed by atoms with E-state index in [4.69, 9.17) is 0 Å². The Labute approximate surface area is 439 Å². The number of nitrogens with zero attached hydrogens (tertiary/aromatic N) is 4. The molecule has 0 bridgehead atoms. The second-order valence-electron chi connectivity index (χ2n) is 22.5. The van der Waals surface area contributed by atoms with Gasteiger partial charge in [-0.25, -0.2) is 0 Å². The Morgan fingerprint density at radius 2 is 0.608 bits per heavy atom. The molecule has 9 aromatic rings. The van der Waals surface area contributed by atoms with Crippen molar-refractivity contribution in [1.29, 1.82) is 0 Å². The third-order valence-electron chi connectivity index (χ3n) is 16.6. The molecule has 0 amide bonds. The minimum atomic E-state index is 0.461. The molecule has 0 aliphatic carbocycles. The molecule has 0 atom stereocenters. The highest BCUT2D eigenvalue weighted by Gasteiger charge is 2.39. The highest BCUT2D eigenvalue weighted by Crippen LogP contribution is 2.59. The topological polar surface area (TPSA) is 13.0 Å². The van der Waals surface area contributed by atoms with Crippen LogP contribution in [0.3, 0.4) is 0 Å². The number of para-hydroxylation sites is 2. The van der Waals surface area contributed by atoms with E-state index in [1.54, 1.807) is 0 Å². The van der Waals surface area contributed by atoms with E-state index in [-0.39, 0.29) is 0 Å². The average molecular weight is 963 g/mol. The lowest BCUT2D eigenvalue weighted by molar-refractivity contribution is 0.865. The summed E-state index contributed by atoms with van der Waals surface area (Å²) < 4.78 is 0. The summed E-state index contributed by atoms with van der Waals surface area (Å²) in [4.78, 5) is 10.3. The van der Waals surface area contributed by atoms with E-state index in [1.807, 2.05) is 0 Å². The molecule has 4 aliphatic heterocycles. The molecule has 4 heteroatoms. The molecule has 4 aliphatic rings. The maximum atomic E-state index is 2.63. The fraction of sp³-hybridized carbons (Fsp3) is 0.229. The average Bonchev–Trinajstić information content (AvgIpc) is 3.48. The lowest BCUT2D eigenvalue weighted by atomic mass is 9.81. The molecule has 0 N–H and O–H groups in total. The molecule has 366 valence electrons. The van der Waals surface area contributed by atoms with E-state index in [9.17, 15) is 0 Å². The van der Waals surface area contributed by atoms with E-state index in [1.165, 1.54) is 135 Å². The minimum absolute atomic E-state index is 0.461. The maximum Gasteiger partial charge on any atom is 0.0553 e. The first-order valence-electron chi connectivity index (χ1n) is 27.2. The number of rotatable bonds is 10. The highest BCUT2D eigenvalue weighted by atomic mass is 15.2. The Kier molecular flexibility index (Phi) is 11.2. The molecule has 4 nitrogen and oxygen atoms in total. The second-order valence-corrected chi connectivity index (χ2v) is 22.5. The maximum absolute atomic E-state index is 2.63. The number of anilines is 12. The van der Waals surface area contributed by atoms with Crippen LogP contribution in [0.1, 0.15) is 146 Å². The Hall–Kier alpha value is -7.82. The van der Waals surface area contributed by atoms with Crippen molar-refractivity contribution in [3.8, 4) is 0 Å². The monoisotopic (exact) mass is 963 g/mol. The SMILES string of the molecule is CC(C)c1ccc(N(c2ccc(C(C)C)cc2)c2ccc3c4c2Cc2ccccc2N4c2cc4c(cc2C3)N2c3ccccc3Cc3c(N(c5ccc(C(C)C)cc5)c5ccc(C(C)C)cc5)ccc(c32)C4)cc1. The van der Waals surface area contributed by atoms with Crippen LogP contribution in [-0.2, 0) is 25.7 Å². The van der Waals surface area contributed by atoms with Gasteiger partial charge < -0.3 is 19.6 Å². The first-order valence-corrected chi connectivity index (χ1v) is 27.2. The highest BCUT2D eigenvalue weighted by molar-refractivity contribution is 5.98. The van der Waals surface area contributed by atoms with E-state index in [2.05, 4.69) is 257 Å². The van der Waals surface area contributed by atoms with Crippen molar-refractivity contribution in [2.75, 3.05) is 19.6 Å². The Morgan fingerprint density at radius 3 is 0.919 bits per heavy atom. The third kappa shape index (κ3) is 7.55. The lowest BCUT2D eigenvalue weighted by Gasteiger charge is -2.44. The molecule has 0 unspecified atom stereocenters. The Bertz CT molecular complexity index is 3270. The van der Waals surface area contributed by atoms with Gasteiger partial charge in [0.05, 0.1) is 34.1 Å². The first kappa shape index (κ1) is 46.0. The lowest BCUT2D eigenvalue weighted by Crippen LogP contribution is -2.29. The van der Waals surface area contributed by atoms with Crippen LogP contribution in [0.2, 0.25) is 0 Å². The van der Waals surface area contributed by atoms with Crippen molar-refractivity contribution in [2.45, 2.75) is 105 Å². The van der Waals surface area contributed by atoms with Gasteiger partial charge in [-0.15, -0.1) is 0 Å². The van der Waals surface area contributed by atoms with Crippen LogP contribution in [0.25, 0.3) is 0 Å². The van der Waals surface area contributed by atoms with Gasteiger partial charge in [-0.3, -0.25) is 0 Å². The van der Waals surface area contributed by atoms with E-state index < -0.39 is 0 Å². The van der Waals surface area contributed by atoms with Crippen LogP contribution in [-0.4, -0.2) is 0 Å². The predicted octanol–water partition coefficient (Wildman–Crippen LogP) is 19.7. The largest absolute Gasteiger partial charge is 0.310 e. The molecule has 0 spiro atoms. The minimum Gasteiger partial charge on any atom is -0.310 e. The number of fused-ring (bicyclic) bond motifs is 8. The molecule has 0 fully saturated rings. The zero-order valence-electron chi connectivity index (χ0n) is 44.2. The normalized spacial score (nSPS) is 13.6. The van der Waals surface area contributed by atoms with Crippen LogP contribution in [0.4, 0.5) is 68.2 Å². The standard InChI is InChI=1S/C70H66N4/c1-43(2)47-17-27-57(28-18-47)71(58-29-19-48(20-30-58)44(3)4)65-35-25-53-37-55-42-68-56(41-67(55)73-63-15-11-9-13-51(63)39-61(65)69(53)73)38-54-26-36-66(62-40-52-14-10-12-16-64(52)74(68)70(54)62)72(59-31-21-49(22-32-59)45(5)6)60-33-23-50(24-34-60)46(7)8/h9-36,41-46H,37-40H2,1-8H3. The first-order chi connectivity index (χ1) is 36.0. The molecule has 13 rings (SSSR count). The van der Waals surface area contributed by atoms with Crippen molar-refractivity contribution in [2.24, 2.45) is 0 Å². The quantitative estimate of drug-likeness (QED) is 0.135. The van der Waals surface area contributed by atoms with Gasteiger partial charge in [-0.2, -0.15) is 0 Å². The zero-order valence-corrected chi connectivity index (χ0v) is 44.2. The zero-order chi connectivity index (χ0) is 50.5. The molecular formula is C70H66N4.